The molecule has 0 N–H and O–H groups in total. The largest absolute Gasteiger partial charge is 0.339 e. The lowest BCUT2D eigenvalue weighted by molar-refractivity contribution is -0.145. The van der Waals surface area contributed by atoms with Crippen LogP contribution in [-0.4, -0.2) is 47.8 Å². The number of hydrogen-bond donors (Lipinski definition) is 0. The molecule has 0 bridgehead atoms. The van der Waals surface area contributed by atoms with Crippen LogP contribution in [0.2, 0.25) is 0 Å². The third-order valence-electron chi connectivity index (χ3n) is 9.46. The third kappa shape index (κ3) is 3.96. The molecule has 166 valence electrons. The van der Waals surface area contributed by atoms with Gasteiger partial charge in [0.2, 0.25) is 11.8 Å². The summed E-state index contributed by atoms with van der Waals surface area (Å²) in [7, 11) is 0. The average molecular weight is 413 g/mol. The molecule has 2 amide bonds. The molecule has 30 heavy (non-hydrogen) atoms. The number of fused-ring (bicyclic) bond motifs is 1. The van der Waals surface area contributed by atoms with Crippen LogP contribution >= 0.6 is 0 Å². The van der Waals surface area contributed by atoms with Gasteiger partial charge in [0.25, 0.3) is 0 Å². The standard InChI is InChI=1S/C26H40N2O2/c1-18-15-21-7-8-22(17-23(21)16-18)19-3-5-20(6-4-19)24(29)27-11-13-28(14-12-27)25(30)26(2)9-10-26/h19-23H,1,3-17H2,2H3. The Hall–Kier alpha value is -1.32. The molecule has 0 aromatic heterocycles. The first-order valence-electron chi connectivity index (χ1n) is 12.7. The average Bonchev–Trinajstić information content (AvgIpc) is 3.41. The topological polar surface area (TPSA) is 40.6 Å². The number of hydrogen-bond acceptors (Lipinski definition) is 2. The van der Waals surface area contributed by atoms with Crippen LogP contribution in [0.1, 0.15) is 77.6 Å². The normalized spacial score (nSPS) is 38.3. The fourth-order valence-corrected chi connectivity index (χ4v) is 7.14. The van der Waals surface area contributed by atoms with Crippen LogP contribution in [0.25, 0.3) is 0 Å². The van der Waals surface area contributed by atoms with E-state index in [0.29, 0.717) is 11.8 Å². The Morgan fingerprint density at radius 1 is 0.800 bits per heavy atom. The number of allylic oxidation sites excluding steroid dienone is 1. The number of nitrogens with zero attached hydrogens (tertiary/aromatic N) is 2. The van der Waals surface area contributed by atoms with Crippen molar-refractivity contribution in [1.82, 2.24) is 9.80 Å². The van der Waals surface area contributed by atoms with Gasteiger partial charge in [-0.05, 0) is 94.3 Å². The molecule has 5 fully saturated rings. The van der Waals surface area contributed by atoms with Crippen molar-refractivity contribution in [3.63, 3.8) is 0 Å². The molecule has 0 spiro atoms. The van der Waals surface area contributed by atoms with Gasteiger partial charge in [-0.15, -0.1) is 0 Å². The summed E-state index contributed by atoms with van der Waals surface area (Å²) in [4.78, 5) is 29.7. The molecule has 1 aliphatic heterocycles. The molecule has 4 nitrogen and oxygen atoms in total. The molecule has 5 rings (SSSR count). The van der Waals surface area contributed by atoms with E-state index >= 15 is 0 Å². The first-order chi connectivity index (χ1) is 14.4. The Morgan fingerprint density at radius 2 is 1.37 bits per heavy atom. The molecular weight excluding hydrogens is 372 g/mol. The van der Waals surface area contributed by atoms with E-state index in [-0.39, 0.29) is 11.3 Å². The van der Waals surface area contributed by atoms with Crippen molar-refractivity contribution in [2.24, 2.45) is 35.0 Å². The lowest BCUT2D eigenvalue weighted by atomic mass is 9.66. The van der Waals surface area contributed by atoms with E-state index < -0.39 is 0 Å². The fourth-order valence-electron chi connectivity index (χ4n) is 7.14. The quantitative estimate of drug-likeness (QED) is 0.633. The summed E-state index contributed by atoms with van der Waals surface area (Å²) in [5, 5.41) is 0. The van der Waals surface area contributed by atoms with Crippen molar-refractivity contribution in [3.8, 4) is 0 Å². The molecule has 0 aromatic carbocycles. The Labute approximate surface area is 182 Å². The highest BCUT2D eigenvalue weighted by Gasteiger charge is 2.47. The zero-order chi connectivity index (χ0) is 20.9. The van der Waals surface area contributed by atoms with Crippen LogP contribution in [0.15, 0.2) is 12.2 Å². The molecule has 4 aliphatic carbocycles. The summed E-state index contributed by atoms with van der Waals surface area (Å²) in [5.41, 5.74) is 1.41. The van der Waals surface area contributed by atoms with Crippen LogP contribution in [0.3, 0.4) is 0 Å². The maximum absolute atomic E-state index is 13.1. The fraction of sp³-hybridized carbons (Fsp3) is 0.846. The first-order valence-corrected chi connectivity index (χ1v) is 12.7. The highest BCUT2D eigenvalue weighted by Crippen LogP contribution is 2.50. The van der Waals surface area contributed by atoms with E-state index in [9.17, 15) is 9.59 Å². The number of amides is 2. The van der Waals surface area contributed by atoms with E-state index in [1.165, 1.54) is 50.5 Å². The molecule has 3 unspecified atom stereocenters. The van der Waals surface area contributed by atoms with Crippen LogP contribution in [0.4, 0.5) is 0 Å². The van der Waals surface area contributed by atoms with Gasteiger partial charge in [0.05, 0.1) is 0 Å². The van der Waals surface area contributed by atoms with Gasteiger partial charge in [0, 0.05) is 37.5 Å². The minimum absolute atomic E-state index is 0.0879. The predicted molar refractivity (Wildman–Crippen MR) is 119 cm³/mol. The molecule has 1 saturated heterocycles. The number of carbonyl (C=O) groups is 2. The minimum Gasteiger partial charge on any atom is -0.339 e. The monoisotopic (exact) mass is 412 g/mol. The second-order valence-corrected chi connectivity index (χ2v) is 11.5. The SMILES string of the molecule is C=C1CC2CCC(C3CCC(C(=O)N4CCN(C(=O)C5(C)CC5)CC4)CC3)CC2C1. The molecule has 5 aliphatic rings. The maximum atomic E-state index is 13.1. The molecule has 0 radical (unpaired) electrons. The van der Waals surface area contributed by atoms with Crippen molar-refractivity contribution in [3.05, 3.63) is 12.2 Å². The highest BCUT2D eigenvalue weighted by molar-refractivity contribution is 5.85. The molecule has 1 heterocycles. The second-order valence-electron chi connectivity index (χ2n) is 11.5. The van der Waals surface area contributed by atoms with E-state index in [0.717, 1.165) is 75.5 Å². The summed E-state index contributed by atoms with van der Waals surface area (Å²) < 4.78 is 0. The van der Waals surface area contributed by atoms with Gasteiger partial charge in [-0.1, -0.05) is 19.1 Å². The Morgan fingerprint density at radius 3 is 2.03 bits per heavy atom. The third-order valence-corrected chi connectivity index (χ3v) is 9.46. The summed E-state index contributed by atoms with van der Waals surface area (Å²) >= 11 is 0. The summed E-state index contributed by atoms with van der Waals surface area (Å²) in [6.45, 7) is 9.26. The molecule has 4 saturated carbocycles. The smallest absolute Gasteiger partial charge is 0.228 e. The lowest BCUT2D eigenvalue weighted by Gasteiger charge is -2.41. The molecule has 0 aromatic rings. The van der Waals surface area contributed by atoms with Crippen molar-refractivity contribution in [1.29, 1.82) is 0 Å². The summed E-state index contributed by atoms with van der Waals surface area (Å²) in [5.74, 6) is 4.49. The van der Waals surface area contributed by atoms with E-state index in [1.54, 1.807) is 0 Å². The Balaban J connectivity index is 1.07. The molecule has 3 atom stereocenters. The van der Waals surface area contributed by atoms with Gasteiger partial charge in [-0.25, -0.2) is 0 Å². The van der Waals surface area contributed by atoms with Crippen LogP contribution in [-0.2, 0) is 9.59 Å². The molecular formula is C26H40N2O2. The number of carbonyl (C=O) groups excluding carboxylic acids is 2. The summed E-state index contributed by atoms with van der Waals surface area (Å²) in [6, 6.07) is 0. The zero-order valence-corrected chi connectivity index (χ0v) is 18.9. The van der Waals surface area contributed by atoms with E-state index in [2.05, 4.69) is 18.4 Å². The summed E-state index contributed by atoms with van der Waals surface area (Å²) in [6.07, 6.45) is 13.5. The van der Waals surface area contributed by atoms with Gasteiger partial charge in [-0.3, -0.25) is 9.59 Å². The Bertz CT molecular complexity index is 696. The van der Waals surface area contributed by atoms with Crippen molar-refractivity contribution in [2.45, 2.75) is 77.6 Å². The van der Waals surface area contributed by atoms with Gasteiger partial charge >= 0.3 is 0 Å². The van der Waals surface area contributed by atoms with Crippen LogP contribution in [0.5, 0.6) is 0 Å². The van der Waals surface area contributed by atoms with Gasteiger partial charge in [0.15, 0.2) is 0 Å². The Kier molecular flexibility index (Phi) is 5.48. The molecule has 4 heteroatoms. The number of rotatable bonds is 3. The van der Waals surface area contributed by atoms with Crippen molar-refractivity contribution >= 4 is 11.8 Å². The highest BCUT2D eigenvalue weighted by atomic mass is 16.2. The van der Waals surface area contributed by atoms with Gasteiger partial charge in [-0.2, -0.15) is 0 Å². The van der Waals surface area contributed by atoms with E-state index in [4.69, 9.17) is 0 Å². The van der Waals surface area contributed by atoms with Crippen LogP contribution in [0, 0.1) is 35.0 Å². The maximum Gasteiger partial charge on any atom is 0.228 e. The van der Waals surface area contributed by atoms with Crippen molar-refractivity contribution < 1.29 is 9.59 Å². The van der Waals surface area contributed by atoms with Crippen molar-refractivity contribution in [2.75, 3.05) is 26.2 Å². The van der Waals surface area contributed by atoms with E-state index in [1.807, 2.05) is 4.90 Å². The van der Waals surface area contributed by atoms with Crippen LogP contribution < -0.4 is 0 Å². The predicted octanol–water partition coefficient (Wildman–Crippen LogP) is 4.65. The second kappa shape index (κ2) is 7.98. The van der Waals surface area contributed by atoms with Gasteiger partial charge < -0.3 is 9.80 Å². The minimum atomic E-state index is -0.0879. The lowest BCUT2D eigenvalue weighted by Crippen LogP contribution is -2.53. The zero-order valence-electron chi connectivity index (χ0n) is 18.9. The number of piperazine rings is 1. The first kappa shape index (κ1) is 20.6. The van der Waals surface area contributed by atoms with Gasteiger partial charge in [0.1, 0.15) is 0 Å².